The van der Waals surface area contributed by atoms with Gasteiger partial charge in [0.25, 0.3) is 0 Å². The smallest absolute Gasteiger partial charge is 0.00390 e. The molecule has 2 N–H and O–H groups in total. The Morgan fingerprint density at radius 1 is 1.12 bits per heavy atom. The summed E-state index contributed by atoms with van der Waals surface area (Å²) in [6, 6.07) is 0.480. The molecule has 0 aliphatic heterocycles. The molecule has 0 aromatic heterocycles. The van der Waals surface area contributed by atoms with E-state index in [4.69, 9.17) is 5.73 Å². The van der Waals surface area contributed by atoms with Crippen LogP contribution >= 0.6 is 0 Å². The zero-order chi connectivity index (χ0) is 5.98. The highest BCUT2D eigenvalue weighted by molar-refractivity contribution is 4.74. The standard InChI is InChI=1S/C7H14N/c1-6-2-4-7(8)5-3-6/h6-7H,1-5,8H2/t6-,7-. The van der Waals surface area contributed by atoms with Crippen LogP contribution in [0.5, 0.6) is 0 Å². The van der Waals surface area contributed by atoms with Crippen LogP contribution in [0.25, 0.3) is 0 Å². The Hall–Kier alpha value is -0.0400. The molecule has 1 aliphatic rings. The van der Waals surface area contributed by atoms with Crippen molar-refractivity contribution in [3.8, 4) is 0 Å². The van der Waals surface area contributed by atoms with E-state index in [9.17, 15) is 0 Å². The van der Waals surface area contributed by atoms with Gasteiger partial charge in [0.1, 0.15) is 0 Å². The molecule has 0 aromatic rings. The zero-order valence-electron chi connectivity index (χ0n) is 5.27. The first-order valence-corrected chi connectivity index (χ1v) is 3.37. The van der Waals surface area contributed by atoms with Gasteiger partial charge in [-0.3, -0.25) is 0 Å². The maximum atomic E-state index is 5.67. The fourth-order valence-electron chi connectivity index (χ4n) is 1.19. The number of nitrogens with two attached hydrogens (primary N) is 1. The fraction of sp³-hybridized carbons (Fsp3) is 0.857. The summed E-state index contributed by atoms with van der Waals surface area (Å²) in [5.41, 5.74) is 5.67. The molecule has 8 heavy (non-hydrogen) atoms. The first-order valence-electron chi connectivity index (χ1n) is 3.37. The maximum Gasteiger partial charge on any atom is 0.00390 e. The quantitative estimate of drug-likeness (QED) is 0.502. The predicted molar refractivity (Wildman–Crippen MR) is 35.3 cm³/mol. The molecule has 0 spiro atoms. The second kappa shape index (κ2) is 2.49. The molecule has 0 heterocycles. The average molecular weight is 112 g/mol. The molecule has 0 aromatic carbocycles. The lowest BCUT2D eigenvalue weighted by atomic mass is 9.88. The Balaban J connectivity index is 2.19. The lowest BCUT2D eigenvalue weighted by Gasteiger charge is -2.22. The zero-order valence-corrected chi connectivity index (χ0v) is 5.27. The normalized spacial score (nSPS) is 39.8. The molecule has 1 heteroatoms. The van der Waals surface area contributed by atoms with Gasteiger partial charge in [0.05, 0.1) is 0 Å². The monoisotopic (exact) mass is 112 g/mol. The summed E-state index contributed by atoms with van der Waals surface area (Å²) in [6.07, 6.45) is 4.85. The van der Waals surface area contributed by atoms with Gasteiger partial charge in [0.15, 0.2) is 0 Å². The van der Waals surface area contributed by atoms with Gasteiger partial charge in [0, 0.05) is 6.04 Å². The molecular formula is C7H14N. The van der Waals surface area contributed by atoms with Crippen LogP contribution in [-0.2, 0) is 0 Å². The van der Waals surface area contributed by atoms with E-state index in [1.165, 1.54) is 25.7 Å². The van der Waals surface area contributed by atoms with Gasteiger partial charge >= 0.3 is 0 Å². The van der Waals surface area contributed by atoms with Gasteiger partial charge < -0.3 is 5.73 Å². The van der Waals surface area contributed by atoms with Gasteiger partial charge in [-0.25, -0.2) is 0 Å². The highest BCUT2D eigenvalue weighted by Gasteiger charge is 2.13. The Bertz CT molecular complexity index is 52.8. The van der Waals surface area contributed by atoms with Crippen LogP contribution in [-0.4, -0.2) is 6.04 Å². The van der Waals surface area contributed by atoms with Crippen molar-refractivity contribution in [1.82, 2.24) is 0 Å². The van der Waals surface area contributed by atoms with Crippen molar-refractivity contribution in [2.45, 2.75) is 31.7 Å². The van der Waals surface area contributed by atoms with E-state index in [2.05, 4.69) is 6.92 Å². The Morgan fingerprint density at radius 3 is 2.00 bits per heavy atom. The number of rotatable bonds is 0. The van der Waals surface area contributed by atoms with Gasteiger partial charge in [0.2, 0.25) is 0 Å². The van der Waals surface area contributed by atoms with E-state index in [1.807, 2.05) is 0 Å². The maximum absolute atomic E-state index is 5.67. The van der Waals surface area contributed by atoms with Crippen molar-refractivity contribution in [3.63, 3.8) is 0 Å². The summed E-state index contributed by atoms with van der Waals surface area (Å²) in [6.45, 7) is 3.98. The van der Waals surface area contributed by atoms with Gasteiger partial charge in [-0.15, -0.1) is 0 Å². The lowest BCUT2D eigenvalue weighted by Crippen LogP contribution is -2.25. The van der Waals surface area contributed by atoms with Crippen LogP contribution in [0.3, 0.4) is 0 Å². The summed E-state index contributed by atoms with van der Waals surface area (Å²) in [4.78, 5) is 0. The highest BCUT2D eigenvalue weighted by Crippen LogP contribution is 2.21. The van der Waals surface area contributed by atoms with Crippen molar-refractivity contribution >= 4 is 0 Å². The minimum atomic E-state index is 0.480. The van der Waals surface area contributed by atoms with E-state index in [0.717, 1.165) is 0 Å². The van der Waals surface area contributed by atoms with Gasteiger partial charge in [-0.1, -0.05) is 6.92 Å². The number of hydrogen-bond donors (Lipinski definition) is 1. The Morgan fingerprint density at radius 2 is 1.62 bits per heavy atom. The summed E-state index contributed by atoms with van der Waals surface area (Å²) < 4.78 is 0. The molecule has 1 fully saturated rings. The van der Waals surface area contributed by atoms with Crippen LogP contribution < -0.4 is 5.73 Å². The van der Waals surface area contributed by atoms with E-state index in [-0.39, 0.29) is 0 Å². The number of hydrogen-bond acceptors (Lipinski definition) is 1. The van der Waals surface area contributed by atoms with E-state index in [0.29, 0.717) is 12.0 Å². The molecule has 0 unspecified atom stereocenters. The van der Waals surface area contributed by atoms with Crippen molar-refractivity contribution in [2.24, 2.45) is 11.7 Å². The summed E-state index contributed by atoms with van der Waals surface area (Å²) >= 11 is 0. The van der Waals surface area contributed by atoms with Crippen molar-refractivity contribution in [2.75, 3.05) is 0 Å². The average Bonchev–Trinajstić information content (AvgIpc) is 1.77. The largest absolute Gasteiger partial charge is 0.328 e. The van der Waals surface area contributed by atoms with Crippen LogP contribution in [0.4, 0.5) is 0 Å². The second-order valence-corrected chi connectivity index (χ2v) is 2.78. The summed E-state index contributed by atoms with van der Waals surface area (Å²) in [5.74, 6) is 0.690. The lowest BCUT2D eigenvalue weighted by molar-refractivity contribution is 0.373. The van der Waals surface area contributed by atoms with Crippen molar-refractivity contribution in [1.29, 1.82) is 0 Å². The third-order valence-corrected chi connectivity index (χ3v) is 1.89. The Kier molecular flexibility index (Phi) is 1.90. The van der Waals surface area contributed by atoms with E-state index < -0.39 is 0 Å². The molecule has 1 nitrogen and oxygen atoms in total. The summed E-state index contributed by atoms with van der Waals surface area (Å²) in [5, 5.41) is 0. The molecule has 1 aliphatic carbocycles. The molecule has 0 bridgehead atoms. The third kappa shape index (κ3) is 1.48. The molecule has 47 valence electrons. The first-order chi connectivity index (χ1) is 3.79. The molecule has 0 saturated heterocycles. The van der Waals surface area contributed by atoms with Crippen LogP contribution in [0.1, 0.15) is 25.7 Å². The summed E-state index contributed by atoms with van der Waals surface area (Å²) in [7, 11) is 0. The first kappa shape index (κ1) is 6.09. The fourth-order valence-corrected chi connectivity index (χ4v) is 1.19. The molecule has 0 atom stereocenters. The predicted octanol–water partition coefficient (Wildman–Crippen LogP) is 1.34. The van der Waals surface area contributed by atoms with Crippen LogP contribution in [0.2, 0.25) is 0 Å². The van der Waals surface area contributed by atoms with Crippen LogP contribution in [0, 0.1) is 12.8 Å². The van der Waals surface area contributed by atoms with E-state index >= 15 is 0 Å². The SMILES string of the molecule is [CH2][C@H]1CC[C@H](N)CC1. The van der Waals surface area contributed by atoms with Gasteiger partial charge in [-0.2, -0.15) is 0 Å². The minimum absolute atomic E-state index is 0.480. The Labute approximate surface area is 51.3 Å². The van der Waals surface area contributed by atoms with Crippen molar-refractivity contribution < 1.29 is 0 Å². The topological polar surface area (TPSA) is 26.0 Å². The minimum Gasteiger partial charge on any atom is -0.328 e. The van der Waals surface area contributed by atoms with E-state index in [1.54, 1.807) is 0 Å². The second-order valence-electron chi connectivity index (χ2n) is 2.78. The van der Waals surface area contributed by atoms with Crippen LogP contribution in [0.15, 0.2) is 0 Å². The molecular weight excluding hydrogens is 98.1 g/mol. The highest BCUT2D eigenvalue weighted by atomic mass is 14.6. The molecule has 0 amide bonds. The van der Waals surface area contributed by atoms with Crippen molar-refractivity contribution in [3.05, 3.63) is 6.92 Å². The molecule has 1 saturated carbocycles. The van der Waals surface area contributed by atoms with Gasteiger partial charge in [-0.05, 0) is 31.6 Å². The third-order valence-electron chi connectivity index (χ3n) is 1.89. The molecule has 1 radical (unpaired) electrons. The molecule has 1 rings (SSSR count).